The highest BCUT2D eigenvalue weighted by Crippen LogP contribution is 2.31. The van der Waals surface area contributed by atoms with Crippen molar-refractivity contribution < 1.29 is 83.5 Å². The zero-order valence-electron chi connectivity index (χ0n) is 35.1. The minimum absolute atomic E-state index is 0.0725. The molecule has 2 aromatic heterocycles. The van der Waals surface area contributed by atoms with Gasteiger partial charge in [0.15, 0.2) is 17.7 Å². The fourth-order valence-electron chi connectivity index (χ4n) is 7.06. The van der Waals surface area contributed by atoms with Crippen molar-refractivity contribution in [3.05, 3.63) is 48.6 Å². The molecule has 0 saturated carbocycles. The largest absolute Gasteiger partial charge is 0.460 e. The van der Waals surface area contributed by atoms with E-state index in [1.54, 1.807) is 0 Å². The zero-order valence-corrected chi connectivity index (χ0v) is 35.1. The summed E-state index contributed by atoms with van der Waals surface area (Å²) in [7, 11) is 1.26. The van der Waals surface area contributed by atoms with Gasteiger partial charge in [-0.15, -0.1) is 0 Å². The number of nitrogens with zero attached hydrogens (tertiary/aromatic N) is 5. The molecule has 6 rings (SSSR count). The number of anilines is 2. The molecule has 3 aliphatic rings. The Kier molecular flexibility index (Phi) is 16.6. The molecule has 66 heavy (non-hydrogen) atoms. The number of rotatable bonds is 20. The zero-order chi connectivity index (χ0) is 47.7. The van der Waals surface area contributed by atoms with Gasteiger partial charge in [-0.1, -0.05) is 6.07 Å². The van der Waals surface area contributed by atoms with E-state index in [4.69, 9.17) is 18.9 Å². The van der Waals surface area contributed by atoms with Gasteiger partial charge in [0.2, 0.25) is 18.1 Å². The number of aliphatic hydroxyl groups excluding tert-OH is 7. The van der Waals surface area contributed by atoms with E-state index in [2.05, 4.69) is 41.2 Å². The van der Waals surface area contributed by atoms with Crippen molar-refractivity contribution in [1.82, 2.24) is 40.4 Å². The summed E-state index contributed by atoms with van der Waals surface area (Å²) in [5.41, 5.74) is 0.908. The molecular formula is C39H50N10O17. The molecule has 0 bridgehead atoms. The summed E-state index contributed by atoms with van der Waals surface area (Å²) < 4.78 is 22.5. The van der Waals surface area contributed by atoms with Crippen molar-refractivity contribution in [1.29, 1.82) is 0 Å². The number of nitrogens with one attached hydrogen (secondary N) is 5. The van der Waals surface area contributed by atoms with Crippen molar-refractivity contribution in [3.63, 3.8) is 0 Å². The Morgan fingerprint density at radius 2 is 1.67 bits per heavy atom. The van der Waals surface area contributed by atoms with Crippen LogP contribution in [0.5, 0.6) is 5.75 Å². The summed E-state index contributed by atoms with van der Waals surface area (Å²) in [6.07, 6.45) is -10.0. The van der Waals surface area contributed by atoms with Gasteiger partial charge >= 0.3 is 6.09 Å². The van der Waals surface area contributed by atoms with Gasteiger partial charge in [0.25, 0.3) is 11.8 Å². The molecule has 2 saturated heterocycles. The number of aldehydes is 1. The highest BCUT2D eigenvalue weighted by atomic mass is 16.7. The number of H-pyrrole nitrogens is 1. The lowest BCUT2D eigenvalue weighted by Gasteiger charge is -2.43. The highest BCUT2D eigenvalue weighted by Gasteiger charge is 2.46. The third-order valence-electron chi connectivity index (χ3n) is 10.8. The van der Waals surface area contributed by atoms with Crippen LogP contribution in [0.3, 0.4) is 0 Å². The summed E-state index contributed by atoms with van der Waals surface area (Å²) in [5, 5.41) is 83.6. The molecule has 0 spiro atoms. The van der Waals surface area contributed by atoms with Gasteiger partial charge in [-0.2, -0.15) is 0 Å². The fraction of sp³-hybridized carbons (Fsp3) is 0.513. The molecule has 27 nitrogen and oxygen atoms in total. The lowest BCUT2D eigenvalue weighted by molar-refractivity contribution is -0.277. The smallest absolute Gasteiger partial charge is 0.410 e. The maximum Gasteiger partial charge on any atom is 0.410 e. The molecule has 11 atom stereocenters. The van der Waals surface area contributed by atoms with E-state index in [9.17, 15) is 64.5 Å². The first-order valence-corrected chi connectivity index (χ1v) is 20.5. The number of imidazole rings is 1. The number of benzene rings is 1. The van der Waals surface area contributed by atoms with E-state index in [0.29, 0.717) is 17.5 Å². The maximum atomic E-state index is 13.2. The van der Waals surface area contributed by atoms with Crippen LogP contribution < -0.4 is 26.0 Å². The molecule has 5 heterocycles. The SMILES string of the molecule is CN(C(=O)OCc1ccc(O[C@H]2O[C@H](CO)[C@@H](O)[C@H](O)[C@@H]2O)c(NC(=O)CCNC(=O)CCN2C(=O)C=CC2=O)c1)C(C=O)CN[C@@H]1[C@@H](O)[C@H](O)[C@@H](Nc2ncnc3nc[nH]c23)O[C@H]1CO. The normalized spacial score (nSPS) is 26.8. The third kappa shape index (κ3) is 11.6. The van der Waals surface area contributed by atoms with Gasteiger partial charge in [0.1, 0.15) is 79.3 Å². The van der Waals surface area contributed by atoms with Crippen LogP contribution in [0.2, 0.25) is 0 Å². The van der Waals surface area contributed by atoms with E-state index >= 15 is 0 Å². The number of fused-ring (bicyclic) bond motifs is 1. The number of hydrogen-bond donors (Lipinski definition) is 12. The second kappa shape index (κ2) is 22.3. The Balaban J connectivity index is 1.05. The molecule has 12 N–H and O–H groups in total. The minimum atomic E-state index is -1.81. The quantitative estimate of drug-likeness (QED) is 0.0373. The maximum absolute atomic E-state index is 13.2. The average Bonchev–Trinajstić information content (AvgIpc) is 3.93. The van der Waals surface area contributed by atoms with E-state index in [1.807, 2.05) is 0 Å². The molecule has 2 fully saturated rings. The Morgan fingerprint density at radius 3 is 2.38 bits per heavy atom. The second-order valence-electron chi connectivity index (χ2n) is 15.2. The molecule has 358 valence electrons. The van der Waals surface area contributed by atoms with Crippen LogP contribution in [0.1, 0.15) is 18.4 Å². The lowest BCUT2D eigenvalue weighted by Crippen LogP contribution is -2.66. The van der Waals surface area contributed by atoms with Crippen LogP contribution in [0, 0.1) is 0 Å². The molecule has 1 aromatic carbocycles. The Labute approximate surface area is 373 Å². The van der Waals surface area contributed by atoms with Gasteiger partial charge in [-0.05, 0) is 17.7 Å². The number of amides is 5. The van der Waals surface area contributed by atoms with Crippen LogP contribution in [0.25, 0.3) is 11.2 Å². The number of hydrogen-bond acceptors (Lipinski definition) is 22. The van der Waals surface area contributed by atoms with E-state index in [1.165, 1.54) is 37.9 Å². The summed E-state index contributed by atoms with van der Waals surface area (Å²) in [5.74, 6) is -2.26. The van der Waals surface area contributed by atoms with Crippen LogP contribution >= 0.6 is 0 Å². The van der Waals surface area contributed by atoms with Gasteiger partial charge in [0.05, 0.1) is 31.3 Å². The van der Waals surface area contributed by atoms with Crippen LogP contribution in [0.4, 0.5) is 16.3 Å². The first-order valence-electron chi connectivity index (χ1n) is 20.5. The van der Waals surface area contributed by atoms with E-state index < -0.39 is 117 Å². The number of aliphatic hydroxyl groups is 7. The van der Waals surface area contributed by atoms with Crippen LogP contribution in [-0.2, 0) is 44.8 Å². The van der Waals surface area contributed by atoms with Crippen LogP contribution in [0.15, 0.2) is 43.0 Å². The van der Waals surface area contributed by atoms with Crippen molar-refractivity contribution in [2.75, 3.05) is 50.5 Å². The predicted octanol–water partition coefficient (Wildman–Crippen LogP) is -5.06. The van der Waals surface area contributed by atoms with Crippen LogP contribution in [-0.4, -0.2) is 209 Å². The number of aromatic amines is 1. The standard InChI is InChI=1S/C39H50N10O17/c1-48(19(12-50)11-41-28-22(13-51)64-37(33(60)31(28)58)47-36-29-35(43-16-42-29)44-17-45-36)39(62)63-15-18-2-3-21(65-38-34(61)32(59)30(57)23(14-52)66-38)20(10-18)46-25(54)6-8-40-24(53)7-9-49-26(55)4-5-27(49)56/h2-5,10,12,16-17,19,22-23,28,30-34,37-38,41,51-52,57-61H,6-9,11,13-15H2,1H3,(H,40,53)(H,46,54)(H2,42,43,44,45,47)/t19?,22-,23+,28-,30+,31+,32-,33-,34-,37-,38-/m0/s1. The van der Waals surface area contributed by atoms with Crippen molar-refractivity contribution in [2.24, 2.45) is 0 Å². The molecule has 0 aliphatic carbocycles. The summed E-state index contributed by atoms with van der Waals surface area (Å²) >= 11 is 0. The Bertz CT molecular complexity index is 2230. The van der Waals surface area contributed by atoms with Crippen molar-refractivity contribution >= 4 is 58.7 Å². The summed E-state index contributed by atoms with van der Waals surface area (Å²) in [6.45, 7) is -2.45. The first kappa shape index (κ1) is 49.2. The van der Waals surface area contributed by atoms with Crippen molar-refractivity contribution in [2.45, 2.75) is 86.8 Å². The van der Waals surface area contributed by atoms with Crippen molar-refractivity contribution in [3.8, 4) is 5.75 Å². The number of carbonyl (C=O) groups excluding carboxylic acids is 6. The van der Waals surface area contributed by atoms with Gasteiger partial charge in [0, 0.05) is 51.7 Å². The second-order valence-corrected chi connectivity index (χ2v) is 15.2. The highest BCUT2D eigenvalue weighted by molar-refractivity contribution is 6.13. The molecular weight excluding hydrogens is 880 g/mol. The lowest BCUT2D eigenvalue weighted by atomic mass is 9.95. The minimum Gasteiger partial charge on any atom is -0.460 e. The monoisotopic (exact) mass is 930 g/mol. The first-order chi connectivity index (χ1) is 31.6. The summed E-state index contributed by atoms with van der Waals surface area (Å²) in [4.78, 5) is 91.2. The number of imide groups is 1. The molecule has 1 unspecified atom stereocenters. The molecule has 0 radical (unpaired) electrons. The van der Waals surface area contributed by atoms with Gasteiger partial charge in [-0.3, -0.25) is 24.1 Å². The number of ether oxygens (including phenoxy) is 4. The number of aromatic nitrogens is 4. The predicted molar refractivity (Wildman–Crippen MR) is 220 cm³/mol. The van der Waals surface area contributed by atoms with E-state index in [-0.39, 0.29) is 55.3 Å². The average molecular weight is 931 g/mol. The van der Waals surface area contributed by atoms with Gasteiger partial charge in [-0.25, -0.2) is 19.7 Å². The topological polar surface area (TPSA) is 390 Å². The number of carbonyl (C=O) groups is 6. The van der Waals surface area contributed by atoms with Gasteiger partial charge < -0.3 is 90.6 Å². The number of likely N-dealkylation sites (N-methyl/N-ethyl adjacent to an activating group) is 1. The summed E-state index contributed by atoms with van der Waals surface area (Å²) in [6, 6.07) is 1.70. The Hall–Kier alpha value is -6.27. The molecule has 5 amide bonds. The third-order valence-corrected chi connectivity index (χ3v) is 10.8. The fourth-order valence-corrected chi connectivity index (χ4v) is 7.06. The molecule has 3 aromatic rings. The molecule has 3 aliphatic heterocycles. The molecule has 27 heteroatoms. The Morgan fingerprint density at radius 1 is 0.924 bits per heavy atom. The van der Waals surface area contributed by atoms with E-state index in [0.717, 1.165) is 22.0 Å².